The van der Waals surface area contributed by atoms with Crippen LogP contribution in [0.4, 0.5) is 0 Å². The van der Waals surface area contributed by atoms with Crippen molar-refractivity contribution in [2.45, 2.75) is 77.6 Å². The second-order valence-corrected chi connectivity index (χ2v) is 15.0. The summed E-state index contributed by atoms with van der Waals surface area (Å²) in [5.41, 5.74) is 1.52. The van der Waals surface area contributed by atoms with Crippen LogP contribution in [-0.2, 0) is 18.8 Å². The summed E-state index contributed by atoms with van der Waals surface area (Å²) in [6, 6.07) is 9.43. The van der Waals surface area contributed by atoms with Gasteiger partial charge in [0.05, 0.1) is 17.3 Å². The Morgan fingerprint density at radius 2 is 1.54 bits per heavy atom. The minimum Gasteiger partial charge on any atom is -0.399 e. The normalized spacial score (nSPS) is 20.4. The molecule has 0 spiro atoms. The van der Waals surface area contributed by atoms with Gasteiger partial charge >= 0.3 is 7.12 Å². The van der Waals surface area contributed by atoms with E-state index in [1.165, 1.54) is 0 Å². The summed E-state index contributed by atoms with van der Waals surface area (Å²) < 4.78 is 23.6. The van der Waals surface area contributed by atoms with Gasteiger partial charge in [0.25, 0.3) is 0 Å². The number of ether oxygens (including phenoxy) is 2. The maximum absolute atomic E-state index is 6.10. The second kappa shape index (κ2) is 8.15. The van der Waals surface area contributed by atoms with Crippen LogP contribution >= 0.6 is 0 Å². The summed E-state index contributed by atoms with van der Waals surface area (Å²) in [4.78, 5) is 0. The topological polar surface area (TPSA) is 36.9 Å². The van der Waals surface area contributed by atoms with Crippen molar-refractivity contribution < 1.29 is 18.8 Å². The van der Waals surface area contributed by atoms with Crippen molar-refractivity contribution in [3.63, 3.8) is 0 Å². The Hall–Kier alpha value is -0.658. The average Bonchev–Trinajstić information content (AvgIpc) is 2.74. The van der Waals surface area contributed by atoms with Gasteiger partial charge in [-0.3, -0.25) is 0 Å². The molecule has 1 aromatic carbocycles. The molecule has 4 nitrogen and oxygen atoms in total. The highest BCUT2D eigenvalue weighted by molar-refractivity contribution is 6.76. The lowest BCUT2D eigenvalue weighted by Gasteiger charge is -2.32. The van der Waals surface area contributed by atoms with Crippen molar-refractivity contribution >= 4 is 20.7 Å². The zero-order valence-electron chi connectivity index (χ0n) is 17.7. The first-order valence-corrected chi connectivity index (χ1v) is 13.3. The molecule has 6 heteroatoms. The van der Waals surface area contributed by atoms with Crippen LogP contribution in [0.3, 0.4) is 0 Å². The van der Waals surface area contributed by atoms with Gasteiger partial charge in [0.1, 0.15) is 6.79 Å². The predicted molar refractivity (Wildman–Crippen MR) is 111 cm³/mol. The summed E-state index contributed by atoms with van der Waals surface area (Å²) >= 11 is 0. The molecule has 1 saturated heterocycles. The van der Waals surface area contributed by atoms with Gasteiger partial charge in [-0.05, 0) is 51.7 Å². The summed E-state index contributed by atoms with van der Waals surface area (Å²) in [6.07, 6.45) is -0.00534. The van der Waals surface area contributed by atoms with E-state index in [2.05, 4.69) is 71.6 Å². The van der Waals surface area contributed by atoms with Crippen LogP contribution in [0.1, 0.15) is 46.3 Å². The van der Waals surface area contributed by atoms with Gasteiger partial charge in [-0.15, -0.1) is 0 Å². The molecule has 0 aromatic heterocycles. The van der Waals surface area contributed by atoms with E-state index in [1.54, 1.807) is 0 Å². The van der Waals surface area contributed by atoms with E-state index in [0.29, 0.717) is 6.79 Å². The smallest absolute Gasteiger partial charge is 0.399 e. The first-order chi connectivity index (χ1) is 11.9. The molecule has 1 aliphatic rings. The Balaban J connectivity index is 1.84. The lowest BCUT2D eigenvalue weighted by atomic mass is 9.78. The molecule has 0 amide bonds. The zero-order chi connectivity index (χ0) is 19.6. The number of hydrogen-bond acceptors (Lipinski definition) is 4. The molecule has 0 saturated carbocycles. The molecule has 0 N–H and O–H groups in total. The highest BCUT2D eigenvalue weighted by atomic mass is 28.3. The molecule has 1 heterocycles. The van der Waals surface area contributed by atoms with Gasteiger partial charge in [0.2, 0.25) is 0 Å². The van der Waals surface area contributed by atoms with Crippen LogP contribution in [-0.4, -0.2) is 39.8 Å². The fraction of sp³-hybridized carbons (Fsp3) is 0.700. The minimum absolute atomic E-state index is 0.00534. The Morgan fingerprint density at radius 3 is 2.04 bits per heavy atom. The maximum atomic E-state index is 6.10. The van der Waals surface area contributed by atoms with E-state index >= 15 is 0 Å². The molecule has 0 radical (unpaired) electrons. The summed E-state index contributed by atoms with van der Waals surface area (Å²) in [6.45, 7) is 18.5. The van der Waals surface area contributed by atoms with Crippen LogP contribution in [0.5, 0.6) is 0 Å². The molecule has 146 valence electrons. The van der Waals surface area contributed by atoms with Gasteiger partial charge in [-0.2, -0.15) is 0 Å². The largest absolute Gasteiger partial charge is 0.494 e. The van der Waals surface area contributed by atoms with Crippen molar-refractivity contribution in [1.82, 2.24) is 0 Å². The van der Waals surface area contributed by atoms with Gasteiger partial charge in [0.15, 0.2) is 0 Å². The lowest BCUT2D eigenvalue weighted by Crippen LogP contribution is -2.41. The van der Waals surface area contributed by atoms with Crippen molar-refractivity contribution in [3.8, 4) is 0 Å². The predicted octanol–water partition coefficient (Wildman–Crippen LogP) is 4.38. The standard InChI is InChI=1S/C20H35BO4Si/c1-16(23-15-22-13-14-26(6,7)8)17-9-11-18(12-10-17)21-24-19(2,3)20(4,5)25-21/h9-12,16H,13-15H2,1-8H3. The average molecular weight is 378 g/mol. The van der Waals surface area contributed by atoms with Crippen LogP contribution in [0.2, 0.25) is 25.7 Å². The fourth-order valence-corrected chi connectivity index (χ4v) is 3.34. The van der Waals surface area contributed by atoms with E-state index in [4.69, 9.17) is 18.8 Å². The number of hydrogen-bond donors (Lipinski definition) is 0. The summed E-state index contributed by atoms with van der Waals surface area (Å²) in [7, 11) is -1.37. The quantitative estimate of drug-likeness (QED) is 0.382. The zero-order valence-corrected chi connectivity index (χ0v) is 18.7. The van der Waals surface area contributed by atoms with E-state index in [1.807, 2.05) is 6.92 Å². The Kier molecular flexibility index (Phi) is 6.78. The number of benzene rings is 1. The molecule has 0 aliphatic carbocycles. The van der Waals surface area contributed by atoms with Crippen molar-refractivity contribution in [2.75, 3.05) is 13.4 Å². The van der Waals surface area contributed by atoms with Crippen LogP contribution in [0.25, 0.3) is 0 Å². The molecule has 26 heavy (non-hydrogen) atoms. The molecule has 0 bridgehead atoms. The van der Waals surface area contributed by atoms with E-state index < -0.39 is 8.07 Å². The maximum Gasteiger partial charge on any atom is 0.494 e. The van der Waals surface area contributed by atoms with Crippen molar-refractivity contribution in [1.29, 1.82) is 0 Å². The molecule has 1 aliphatic heterocycles. The van der Waals surface area contributed by atoms with Crippen molar-refractivity contribution in [2.24, 2.45) is 0 Å². The summed E-state index contributed by atoms with van der Waals surface area (Å²) in [5.74, 6) is 0. The van der Waals surface area contributed by atoms with Crippen LogP contribution in [0, 0.1) is 0 Å². The van der Waals surface area contributed by atoms with Gasteiger partial charge < -0.3 is 18.8 Å². The monoisotopic (exact) mass is 378 g/mol. The van der Waals surface area contributed by atoms with Crippen LogP contribution < -0.4 is 5.46 Å². The third kappa shape index (κ3) is 5.67. The molecule has 1 aromatic rings. The third-order valence-electron chi connectivity index (χ3n) is 5.33. The first kappa shape index (κ1) is 21.6. The fourth-order valence-electron chi connectivity index (χ4n) is 2.59. The van der Waals surface area contributed by atoms with Crippen molar-refractivity contribution in [3.05, 3.63) is 29.8 Å². The Labute approximate surface area is 160 Å². The molecule has 1 fully saturated rings. The van der Waals surface area contributed by atoms with Gasteiger partial charge in [-0.25, -0.2) is 0 Å². The molecule has 1 unspecified atom stereocenters. The Morgan fingerprint density at radius 1 is 1.00 bits per heavy atom. The molecular formula is C20H35BO4Si. The number of rotatable bonds is 8. The van der Waals surface area contributed by atoms with E-state index in [-0.39, 0.29) is 24.4 Å². The van der Waals surface area contributed by atoms with Crippen LogP contribution in [0.15, 0.2) is 24.3 Å². The minimum atomic E-state index is -1.04. The molecular weight excluding hydrogens is 343 g/mol. The lowest BCUT2D eigenvalue weighted by molar-refractivity contribution is -0.0819. The molecule has 1 atom stereocenters. The second-order valence-electron chi connectivity index (χ2n) is 9.40. The summed E-state index contributed by atoms with van der Waals surface area (Å²) in [5, 5.41) is 0. The highest BCUT2D eigenvalue weighted by Crippen LogP contribution is 2.36. The van der Waals surface area contributed by atoms with E-state index in [0.717, 1.165) is 23.7 Å². The highest BCUT2D eigenvalue weighted by Gasteiger charge is 2.51. The van der Waals surface area contributed by atoms with Gasteiger partial charge in [-0.1, -0.05) is 43.9 Å². The van der Waals surface area contributed by atoms with Gasteiger partial charge in [0, 0.05) is 14.7 Å². The van der Waals surface area contributed by atoms with E-state index in [9.17, 15) is 0 Å². The SMILES string of the molecule is CC(OCOCC[Si](C)(C)C)c1ccc(B2OC(C)(C)C(C)(C)O2)cc1. The third-order valence-corrected chi connectivity index (χ3v) is 7.03. The Bertz CT molecular complexity index is 564. The first-order valence-electron chi connectivity index (χ1n) is 9.56. The molecule has 2 rings (SSSR count).